The van der Waals surface area contributed by atoms with Crippen molar-refractivity contribution < 1.29 is 14.5 Å². The van der Waals surface area contributed by atoms with Crippen molar-refractivity contribution in [2.24, 2.45) is 5.10 Å². The van der Waals surface area contributed by atoms with Crippen molar-refractivity contribution >= 4 is 35.1 Å². The Morgan fingerprint density at radius 1 is 1.10 bits per heavy atom. The first-order valence-electron chi connectivity index (χ1n) is 9.68. The quantitative estimate of drug-likeness (QED) is 0.431. The van der Waals surface area contributed by atoms with Gasteiger partial charge in [0.1, 0.15) is 0 Å². The van der Waals surface area contributed by atoms with Gasteiger partial charge >= 0.3 is 0 Å². The lowest BCUT2D eigenvalue weighted by atomic mass is 10.1. The van der Waals surface area contributed by atoms with Crippen LogP contribution in [0.5, 0.6) is 0 Å². The van der Waals surface area contributed by atoms with Gasteiger partial charge in [-0.15, -0.1) is 0 Å². The minimum atomic E-state index is -0.452. The van der Waals surface area contributed by atoms with Crippen LogP contribution in [0.15, 0.2) is 47.6 Å². The number of nitro groups is 1. The number of piperidine rings is 1. The molecule has 30 heavy (non-hydrogen) atoms. The molecule has 0 bridgehead atoms. The summed E-state index contributed by atoms with van der Waals surface area (Å²) in [7, 11) is 0. The zero-order valence-electron chi connectivity index (χ0n) is 16.6. The molecule has 2 aromatic carbocycles. The van der Waals surface area contributed by atoms with E-state index in [-0.39, 0.29) is 11.6 Å². The van der Waals surface area contributed by atoms with E-state index in [9.17, 15) is 19.7 Å². The minimum absolute atomic E-state index is 0.0305. The summed E-state index contributed by atoms with van der Waals surface area (Å²) in [5.41, 5.74) is 4.81. The zero-order chi connectivity index (χ0) is 21.5. The molecule has 0 atom stereocenters. The van der Waals surface area contributed by atoms with Gasteiger partial charge in [0.05, 0.1) is 11.1 Å². The first-order chi connectivity index (χ1) is 14.4. The summed E-state index contributed by atoms with van der Waals surface area (Å²) in [5.74, 6) is -0.621. The summed E-state index contributed by atoms with van der Waals surface area (Å²) >= 11 is 0. The molecule has 2 N–H and O–H groups in total. The fraction of sp³-hybridized carbons (Fsp3) is 0.286. The van der Waals surface area contributed by atoms with E-state index in [4.69, 9.17) is 0 Å². The van der Waals surface area contributed by atoms with E-state index in [2.05, 4.69) is 20.7 Å². The molecule has 1 saturated heterocycles. The van der Waals surface area contributed by atoms with Crippen LogP contribution >= 0.6 is 0 Å². The van der Waals surface area contributed by atoms with Crippen LogP contribution in [0.3, 0.4) is 0 Å². The summed E-state index contributed by atoms with van der Waals surface area (Å²) in [6.45, 7) is 3.17. The van der Waals surface area contributed by atoms with Crippen molar-refractivity contribution in [3.63, 3.8) is 0 Å². The number of carbonyl (C=O) groups excluding carboxylic acids is 2. The third-order valence-corrected chi connectivity index (χ3v) is 4.76. The summed E-state index contributed by atoms with van der Waals surface area (Å²) in [5, 5.41) is 17.8. The number of benzene rings is 2. The van der Waals surface area contributed by atoms with Crippen molar-refractivity contribution in [2.75, 3.05) is 23.3 Å². The molecule has 9 heteroatoms. The number of nitrogens with one attached hydrogen (secondary N) is 2. The molecule has 156 valence electrons. The second-order valence-corrected chi connectivity index (χ2v) is 7.01. The molecule has 0 radical (unpaired) electrons. The van der Waals surface area contributed by atoms with Gasteiger partial charge in [0.2, 0.25) is 5.91 Å². The number of amides is 2. The Morgan fingerprint density at radius 2 is 1.80 bits per heavy atom. The van der Waals surface area contributed by atoms with Crippen LogP contribution in [0.25, 0.3) is 0 Å². The van der Waals surface area contributed by atoms with E-state index in [0.29, 0.717) is 16.8 Å². The Kier molecular flexibility index (Phi) is 6.74. The molecular formula is C21H23N5O4. The maximum absolute atomic E-state index is 12.3. The van der Waals surface area contributed by atoms with Gasteiger partial charge in [-0.3, -0.25) is 19.7 Å². The van der Waals surface area contributed by atoms with Crippen LogP contribution in [0.2, 0.25) is 0 Å². The molecule has 2 aromatic rings. The number of hydrogen-bond acceptors (Lipinski definition) is 6. The zero-order valence-corrected chi connectivity index (χ0v) is 16.6. The highest BCUT2D eigenvalue weighted by atomic mass is 16.6. The van der Waals surface area contributed by atoms with E-state index in [1.54, 1.807) is 30.3 Å². The highest BCUT2D eigenvalue weighted by molar-refractivity contribution is 5.96. The molecule has 0 saturated carbocycles. The largest absolute Gasteiger partial charge is 0.371 e. The third-order valence-electron chi connectivity index (χ3n) is 4.76. The van der Waals surface area contributed by atoms with Gasteiger partial charge in [-0.2, -0.15) is 5.10 Å². The van der Waals surface area contributed by atoms with Gasteiger partial charge in [0.15, 0.2) is 0 Å². The van der Waals surface area contributed by atoms with E-state index in [0.717, 1.165) is 31.6 Å². The maximum Gasteiger partial charge on any atom is 0.271 e. The van der Waals surface area contributed by atoms with Gasteiger partial charge in [-0.25, -0.2) is 5.43 Å². The molecule has 2 amide bonds. The first kappa shape index (κ1) is 21.0. The monoisotopic (exact) mass is 409 g/mol. The number of hydrazone groups is 1. The standard InChI is InChI=1S/C21H23N5O4/c1-15(27)23-18-7-5-16(6-8-18)21(28)24-22-14-17-13-19(26(29)30)9-10-20(17)25-11-3-2-4-12-25/h5-10,13-14H,2-4,11-12H2,1H3,(H,23,27)(H,24,28). The molecule has 3 rings (SSSR count). The number of hydrogen-bond donors (Lipinski definition) is 2. The summed E-state index contributed by atoms with van der Waals surface area (Å²) < 4.78 is 0. The first-order valence-corrected chi connectivity index (χ1v) is 9.68. The fourth-order valence-electron chi connectivity index (χ4n) is 3.31. The van der Waals surface area contributed by atoms with Crippen LogP contribution in [-0.4, -0.2) is 36.0 Å². The van der Waals surface area contributed by atoms with Crippen LogP contribution < -0.4 is 15.6 Å². The van der Waals surface area contributed by atoms with Crippen molar-refractivity contribution in [2.45, 2.75) is 26.2 Å². The predicted octanol–water partition coefficient (Wildman–Crippen LogP) is 3.31. The Balaban J connectivity index is 1.73. The van der Waals surface area contributed by atoms with Crippen LogP contribution in [0, 0.1) is 10.1 Å². The number of nitro benzene ring substituents is 1. The molecule has 0 unspecified atom stereocenters. The fourth-order valence-corrected chi connectivity index (χ4v) is 3.31. The van der Waals surface area contributed by atoms with Gasteiger partial charge in [0, 0.05) is 54.6 Å². The molecule has 9 nitrogen and oxygen atoms in total. The number of rotatable bonds is 6. The highest BCUT2D eigenvalue weighted by Gasteiger charge is 2.17. The van der Waals surface area contributed by atoms with Gasteiger partial charge in [0.25, 0.3) is 11.6 Å². The lowest BCUT2D eigenvalue weighted by Crippen LogP contribution is -2.30. The van der Waals surface area contributed by atoms with Gasteiger partial charge < -0.3 is 10.2 Å². The Hall–Kier alpha value is -3.75. The SMILES string of the molecule is CC(=O)Nc1ccc(C(=O)NN=Cc2cc([N+](=O)[O-])ccc2N2CCCCC2)cc1. The second-order valence-electron chi connectivity index (χ2n) is 7.01. The molecule has 0 spiro atoms. The Labute approximate surface area is 173 Å². The Morgan fingerprint density at radius 3 is 2.43 bits per heavy atom. The number of nitrogens with zero attached hydrogens (tertiary/aromatic N) is 3. The molecule has 1 fully saturated rings. The second kappa shape index (κ2) is 9.64. The summed E-state index contributed by atoms with van der Waals surface area (Å²) in [4.78, 5) is 36.2. The number of non-ortho nitro benzene ring substituents is 1. The highest BCUT2D eigenvalue weighted by Crippen LogP contribution is 2.27. The average molecular weight is 409 g/mol. The number of anilines is 2. The third kappa shape index (κ3) is 5.40. The van der Waals surface area contributed by atoms with Gasteiger partial charge in [-0.05, 0) is 49.6 Å². The average Bonchev–Trinajstić information content (AvgIpc) is 2.74. The summed E-state index contributed by atoms with van der Waals surface area (Å²) in [6, 6.07) is 11.1. The van der Waals surface area contributed by atoms with Crippen molar-refractivity contribution in [3.05, 3.63) is 63.7 Å². The molecule has 0 aromatic heterocycles. The molecule has 1 aliphatic heterocycles. The predicted molar refractivity (Wildman–Crippen MR) is 115 cm³/mol. The van der Waals surface area contributed by atoms with Gasteiger partial charge in [-0.1, -0.05) is 0 Å². The van der Waals surface area contributed by atoms with Crippen LogP contribution in [-0.2, 0) is 4.79 Å². The van der Waals surface area contributed by atoms with Crippen molar-refractivity contribution in [1.29, 1.82) is 0 Å². The van der Waals surface area contributed by atoms with Crippen molar-refractivity contribution in [1.82, 2.24) is 5.43 Å². The minimum Gasteiger partial charge on any atom is -0.371 e. The molecule has 1 heterocycles. The Bertz CT molecular complexity index is 966. The smallest absolute Gasteiger partial charge is 0.271 e. The van der Waals surface area contributed by atoms with E-state index in [1.807, 2.05) is 0 Å². The lowest BCUT2D eigenvalue weighted by molar-refractivity contribution is -0.384. The normalized spacial score (nSPS) is 13.8. The molecular weight excluding hydrogens is 386 g/mol. The van der Waals surface area contributed by atoms with E-state index >= 15 is 0 Å². The number of carbonyl (C=O) groups is 2. The van der Waals surface area contributed by atoms with Crippen molar-refractivity contribution in [3.8, 4) is 0 Å². The van der Waals surface area contributed by atoms with Crippen LogP contribution in [0.1, 0.15) is 42.1 Å². The lowest BCUT2D eigenvalue weighted by Gasteiger charge is -2.29. The topological polar surface area (TPSA) is 117 Å². The maximum atomic E-state index is 12.3. The molecule has 1 aliphatic rings. The van der Waals surface area contributed by atoms with E-state index < -0.39 is 10.8 Å². The summed E-state index contributed by atoms with van der Waals surface area (Å²) in [6.07, 6.45) is 4.74. The molecule has 0 aliphatic carbocycles. The van der Waals surface area contributed by atoms with Crippen LogP contribution in [0.4, 0.5) is 17.1 Å². The van der Waals surface area contributed by atoms with E-state index in [1.165, 1.54) is 31.7 Å².